The van der Waals surface area contributed by atoms with Gasteiger partial charge in [-0.25, -0.2) is 0 Å². The highest BCUT2D eigenvalue weighted by Crippen LogP contribution is 2.29. The van der Waals surface area contributed by atoms with Crippen molar-refractivity contribution < 1.29 is 9.47 Å². The van der Waals surface area contributed by atoms with Crippen molar-refractivity contribution in [3.05, 3.63) is 24.0 Å². The van der Waals surface area contributed by atoms with Crippen LogP contribution < -0.4 is 10.1 Å². The van der Waals surface area contributed by atoms with Gasteiger partial charge in [-0.3, -0.25) is 4.98 Å². The highest BCUT2D eigenvalue weighted by Gasteiger charge is 2.30. The lowest BCUT2D eigenvalue weighted by molar-refractivity contribution is -0.0112. The summed E-state index contributed by atoms with van der Waals surface area (Å²) < 4.78 is 10.8. The van der Waals surface area contributed by atoms with Crippen LogP contribution in [0.3, 0.4) is 0 Å². The second kappa shape index (κ2) is 6.71. The van der Waals surface area contributed by atoms with Crippen LogP contribution in [0, 0.1) is 0 Å². The zero-order valence-corrected chi connectivity index (χ0v) is 12.0. The van der Waals surface area contributed by atoms with Crippen molar-refractivity contribution in [3.8, 4) is 5.75 Å². The second-order valence-electron chi connectivity index (χ2n) is 4.85. The molecule has 0 aliphatic carbocycles. The Balaban J connectivity index is 3.00. The Bertz CT molecular complexity index is 367. The van der Waals surface area contributed by atoms with E-state index in [1.165, 1.54) is 0 Å². The predicted octanol–water partition coefficient (Wildman–Crippen LogP) is 2.56. The van der Waals surface area contributed by atoms with Crippen molar-refractivity contribution >= 4 is 0 Å². The molecule has 1 atom stereocenters. The minimum absolute atomic E-state index is 0.0880. The molecule has 0 radical (unpaired) electrons. The van der Waals surface area contributed by atoms with Crippen molar-refractivity contribution in [1.29, 1.82) is 0 Å². The van der Waals surface area contributed by atoms with Crippen LogP contribution in [0.1, 0.15) is 38.8 Å². The molecule has 0 spiro atoms. The predicted molar refractivity (Wildman–Crippen MR) is 72.9 cm³/mol. The van der Waals surface area contributed by atoms with Gasteiger partial charge >= 0.3 is 0 Å². The third-order valence-corrected chi connectivity index (χ3v) is 3.12. The minimum Gasteiger partial charge on any atom is -0.495 e. The normalized spacial score (nSPS) is 13.4. The maximum atomic E-state index is 5.59. The molecule has 4 heteroatoms. The number of nitrogens with one attached hydrogen (secondary N) is 1. The first-order valence-corrected chi connectivity index (χ1v) is 6.32. The summed E-state index contributed by atoms with van der Waals surface area (Å²) in [5.41, 5.74) is 0.776. The molecule has 0 aliphatic rings. The topological polar surface area (TPSA) is 43.4 Å². The van der Waals surface area contributed by atoms with Crippen LogP contribution >= 0.6 is 0 Å². The fourth-order valence-corrected chi connectivity index (χ4v) is 1.88. The first kappa shape index (κ1) is 14.9. The lowest BCUT2D eigenvalue weighted by Crippen LogP contribution is -2.41. The number of ether oxygens (including phenoxy) is 2. The van der Waals surface area contributed by atoms with Crippen LogP contribution in [0.15, 0.2) is 18.5 Å². The first-order valence-electron chi connectivity index (χ1n) is 6.32. The van der Waals surface area contributed by atoms with Gasteiger partial charge in [0.2, 0.25) is 0 Å². The Hall–Kier alpha value is -1.13. The van der Waals surface area contributed by atoms with Crippen molar-refractivity contribution in [3.63, 3.8) is 0 Å². The number of hydrogen-bond donors (Lipinski definition) is 1. The van der Waals surface area contributed by atoms with Gasteiger partial charge in [-0.15, -0.1) is 0 Å². The third-order valence-electron chi connectivity index (χ3n) is 3.12. The average molecular weight is 252 g/mol. The van der Waals surface area contributed by atoms with E-state index in [9.17, 15) is 0 Å². The van der Waals surface area contributed by atoms with Gasteiger partial charge in [-0.05, 0) is 38.4 Å². The Labute approximate surface area is 110 Å². The van der Waals surface area contributed by atoms with E-state index in [1.807, 2.05) is 12.3 Å². The van der Waals surface area contributed by atoms with Crippen LogP contribution in [-0.2, 0) is 4.74 Å². The Morgan fingerprint density at radius 3 is 2.61 bits per heavy atom. The average Bonchev–Trinajstić information content (AvgIpc) is 2.39. The summed E-state index contributed by atoms with van der Waals surface area (Å²) in [5.74, 6) is 0.766. The molecule has 1 N–H and O–H groups in total. The summed E-state index contributed by atoms with van der Waals surface area (Å²) >= 11 is 0. The van der Waals surface area contributed by atoms with Gasteiger partial charge in [-0.1, -0.05) is 6.92 Å². The minimum atomic E-state index is -0.302. The van der Waals surface area contributed by atoms with E-state index in [-0.39, 0.29) is 11.6 Å². The zero-order valence-electron chi connectivity index (χ0n) is 12.0. The lowest BCUT2D eigenvalue weighted by atomic mass is 9.92. The first-order chi connectivity index (χ1) is 8.55. The van der Waals surface area contributed by atoms with Gasteiger partial charge in [0.05, 0.1) is 24.9 Å². The van der Waals surface area contributed by atoms with Gasteiger partial charge in [0, 0.05) is 13.3 Å². The number of nitrogens with zero attached hydrogens (tertiary/aromatic N) is 1. The van der Waals surface area contributed by atoms with Crippen LogP contribution in [0.25, 0.3) is 0 Å². The zero-order chi connectivity index (χ0) is 13.6. The summed E-state index contributed by atoms with van der Waals surface area (Å²) in [4.78, 5) is 4.21. The number of hydrogen-bond acceptors (Lipinski definition) is 4. The van der Waals surface area contributed by atoms with E-state index in [0.29, 0.717) is 0 Å². The second-order valence-corrected chi connectivity index (χ2v) is 4.85. The van der Waals surface area contributed by atoms with Gasteiger partial charge in [0.15, 0.2) is 0 Å². The number of rotatable bonds is 7. The number of pyridine rings is 1. The summed E-state index contributed by atoms with van der Waals surface area (Å²) in [7, 11) is 3.38. The van der Waals surface area contributed by atoms with Crippen molar-refractivity contribution in [1.82, 2.24) is 10.3 Å². The number of aromatic nitrogens is 1. The molecule has 1 rings (SSSR count). The summed E-state index contributed by atoms with van der Waals surface area (Å²) in [5, 5.41) is 3.51. The molecule has 1 aromatic rings. The number of methoxy groups -OCH3 is 2. The van der Waals surface area contributed by atoms with E-state index in [2.05, 4.69) is 31.1 Å². The Morgan fingerprint density at radius 2 is 2.06 bits per heavy atom. The smallest absolute Gasteiger partial charge is 0.137 e. The molecule has 0 saturated carbocycles. The molecule has 0 aliphatic heterocycles. The maximum absolute atomic E-state index is 5.59. The highest BCUT2D eigenvalue weighted by atomic mass is 16.5. The molecule has 102 valence electrons. The van der Waals surface area contributed by atoms with Gasteiger partial charge in [0.25, 0.3) is 0 Å². The fraction of sp³-hybridized carbons (Fsp3) is 0.643. The molecule has 1 heterocycles. The summed E-state index contributed by atoms with van der Waals surface area (Å²) in [6.07, 6.45) is 4.64. The summed E-state index contributed by atoms with van der Waals surface area (Å²) in [6, 6.07) is 2.09. The SMILES string of the molecule is CCCNC(c1cncc(OC)c1)C(C)(C)OC. The molecular weight excluding hydrogens is 228 g/mol. The van der Waals surface area contributed by atoms with E-state index in [0.717, 1.165) is 24.3 Å². The molecule has 0 fully saturated rings. The standard InChI is InChI=1S/C14H24N2O2/c1-6-7-16-13(14(2,3)18-5)11-8-12(17-4)10-15-9-11/h8-10,13,16H,6-7H2,1-5H3. The lowest BCUT2D eigenvalue weighted by Gasteiger charge is -2.34. The van der Waals surface area contributed by atoms with Crippen LogP contribution in [0.2, 0.25) is 0 Å². The Morgan fingerprint density at radius 1 is 1.33 bits per heavy atom. The molecule has 1 aromatic heterocycles. The molecule has 0 saturated heterocycles. The van der Waals surface area contributed by atoms with E-state index in [1.54, 1.807) is 20.4 Å². The van der Waals surface area contributed by atoms with E-state index < -0.39 is 0 Å². The molecule has 1 unspecified atom stereocenters. The summed E-state index contributed by atoms with van der Waals surface area (Å²) in [6.45, 7) is 7.22. The molecule has 0 amide bonds. The molecular formula is C14H24N2O2. The van der Waals surface area contributed by atoms with E-state index in [4.69, 9.17) is 9.47 Å². The van der Waals surface area contributed by atoms with Gasteiger partial charge < -0.3 is 14.8 Å². The Kier molecular flexibility index (Phi) is 5.56. The van der Waals surface area contributed by atoms with Crippen LogP contribution in [0.4, 0.5) is 0 Å². The van der Waals surface area contributed by atoms with Crippen LogP contribution in [0.5, 0.6) is 5.75 Å². The van der Waals surface area contributed by atoms with Crippen molar-refractivity contribution in [2.75, 3.05) is 20.8 Å². The maximum Gasteiger partial charge on any atom is 0.137 e. The molecule has 4 nitrogen and oxygen atoms in total. The highest BCUT2D eigenvalue weighted by molar-refractivity contribution is 5.27. The van der Waals surface area contributed by atoms with Gasteiger partial charge in [-0.2, -0.15) is 0 Å². The molecule has 0 aromatic carbocycles. The third kappa shape index (κ3) is 3.68. The van der Waals surface area contributed by atoms with Gasteiger partial charge in [0.1, 0.15) is 5.75 Å². The monoisotopic (exact) mass is 252 g/mol. The van der Waals surface area contributed by atoms with Crippen molar-refractivity contribution in [2.45, 2.75) is 38.8 Å². The fourth-order valence-electron chi connectivity index (χ4n) is 1.88. The molecule has 18 heavy (non-hydrogen) atoms. The quantitative estimate of drug-likeness (QED) is 0.810. The van der Waals surface area contributed by atoms with E-state index >= 15 is 0 Å². The van der Waals surface area contributed by atoms with Crippen molar-refractivity contribution in [2.24, 2.45) is 0 Å². The molecule has 0 bridgehead atoms. The van der Waals surface area contributed by atoms with Crippen LogP contribution in [-0.4, -0.2) is 31.3 Å². The largest absolute Gasteiger partial charge is 0.495 e.